The van der Waals surface area contributed by atoms with Crippen LogP contribution in [0.1, 0.15) is 49.5 Å². The van der Waals surface area contributed by atoms with Crippen LogP contribution < -0.4 is 20.1 Å². The fourth-order valence-corrected chi connectivity index (χ4v) is 3.00. The fourth-order valence-electron chi connectivity index (χ4n) is 3.00. The van der Waals surface area contributed by atoms with Crippen molar-refractivity contribution in [1.82, 2.24) is 10.6 Å². The Morgan fingerprint density at radius 1 is 0.903 bits per heavy atom. The highest BCUT2D eigenvalue weighted by atomic mass is 16.5. The van der Waals surface area contributed by atoms with Crippen molar-refractivity contribution in [2.45, 2.75) is 46.6 Å². The Balaban J connectivity index is 1.74. The summed E-state index contributed by atoms with van der Waals surface area (Å²) in [6.07, 6.45) is 1.63. The summed E-state index contributed by atoms with van der Waals surface area (Å²) in [7, 11) is 0. The van der Waals surface area contributed by atoms with Crippen molar-refractivity contribution in [3.05, 3.63) is 59.7 Å². The van der Waals surface area contributed by atoms with E-state index in [4.69, 9.17) is 9.47 Å². The molecule has 2 aromatic carbocycles. The summed E-state index contributed by atoms with van der Waals surface area (Å²) in [5.41, 5.74) is 1.69. The van der Waals surface area contributed by atoms with Crippen molar-refractivity contribution in [1.29, 1.82) is 0 Å². The number of carbonyl (C=O) groups excluding carboxylic acids is 2. The Hall–Kier alpha value is -3.02. The minimum absolute atomic E-state index is 0.0310. The number of rotatable bonds is 12. The largest absolute Gasteiger partial charge is 0.494 e. The molecular formula is C25H34N2O4. The molecule has 0 aliphatic rings. The number of aryl methyl sites for hydroxylation is 1. The van der Waals surface area contributed by atoms with Gasteiger partial charge in [-0.1, -0.05) is 31.5 Å². The number of benzene rings is 2. The van der Waals surface area contributed by atoms with Crippen molar-refractivity contribution in [2.75, 3.05) is 19.8 Å². The van der Waals surface area contributed by atoms with E-state index in [1.807, 2.05) is 52.0 Å². The maximum absolute atomic E-state index is 12.6. The fraction of sp³-hybridized carbons (Fsp3) is 0.440. The van der Waals surface area contributed by atoms with E-state index in [0.717, 1.165) is 18.6 Å². The quantitative estimate of drug-likeness (QED) is 0.501. The van der Waals surface area contributed by atoms with Gasteiger partial charge >= 0.3 is 0 Å². The predicted octanol–water partition coefficient (Wildman–Crippen LogP) is 4.12. The lowest BCUT2D eigenvalue weighted by atomic mass is 10.0. The zero-order chi connectivity index (χ0) is 22.6. The third kappa shape index (κ3) is 8.32. The van der Waals surface area contributed by atoms with Crippen LogP contribution >= 0.6 is 0 Å². The van der Waals surface area contributed by atoms with E-state index in [-0.39, 0.29) is 17.7 Å². The van der Waals surface area contributed by atoms with Crippen LogP contribution in [0.2, 0.25) is 0 Å². The number of hydrogen-bond acceptors (Lipinski definition) is 4. The monoisotopic (exact) mass is 426 g/mol. The van der Waals surface area contributed by atoms with Gasteiger partial charge in [-0.25, -0.2) is 0 Å². The van der Waals surface area contributed by atoms with E-state index >= 15 is 0 Å². The smallest absolute Gasteiger partial charge is 0.251 e. The lowest BCUT2D eigenvalue weighted by molar-refractivity contribution is -0.123. The molecule has 168 valence electrons. The van der Waals surface area contributed by atoms with Crippen LogP contribution in [0, 0.1) is 12.8 Å². The van der Waals surface area contributed by atoms with Gasteiger partial charge in [-0.05, 0) is 69.0 Å². The maximum atomic E-state index is 12.6. The highest BCUT2D eigenvalue weighted by Gasteiger charge is 2.24. The first-order chi connectivity index (χ1) is 14.9. The van der Waals surface area contributed by atoms with E-state index in [1.54, 1.807) is 24.3 Å². The van der Waals surface area contributed by atoms with Crippen molar-refractivity contribution >= 4 is 11.8 Å². The van der Waals surface area contributed by atoms with Gasteiger partial charge in [0.2, 0.25) is 5.91 Å². The molecule has 0 aliphatic carbocycles. The summed E-state index contributed by atoms with van der Waals surface area (Å²) in [5, 5.41) is 5.77. The molecule has 1 atom stereocenters. The molecule has 31 heavy (non-hydrogen) atoms. The van der Waals surface area contributed by atoms with E-state index < -0.39 is 6.04 Å². The third-order valence-electron chi connectivity index (χ3n) is 4.82. The number of hydrogen-bond donors (Lipinski definition) is 2. The van der Waals surface area contributed by atoms with Gasteiger partial charge in [0.25, 0.3) is 5.91 Å². The average molecular weight is 427 g/mol. The van der Waals surface area contributed by atoms with Gasteiger partial charge in [-0.2, -0.15) is 0 Å². The van der Waals surface area contributed by atoms with Gasteiger partial charge < -0.3 is 20.1 Å². The molecule has 0 aromatic heterocycles. The van der Waals surface area contributed by atoms with Crippen LogP contribution in [-0.2, 0) is 4.79 Å². The SMILES string of the molecule is CCOc1ccc(C(=O)NC(C(=O)NCCCCOc2ccc(C)cc2)C(C)C)cc1. The molecule has 0 fully saturated rings. The van der Waals surface area contributed by atoms with Crippen LogP contribution in [-0.4, -0.2) is 37.6 Å². The first kappa shape index (κ1) is 24.3. The summed E-state index contributed by atoms with van der Waals surface area (Å²) >= 11 is 0. The Morgan fingerprint density at radius 3 is 2.13 bits per heavy atom. The molecule has 2 N–H and O–H groups in total. The second-order valence-electron chi connectivity index (χ2n) is 7.81. The summed E-state index contributed by atoms with van der Waals surface area (Å²) in [4.78, 5) is 25.2. The molecule has 0 saturated carbocycles. The van der Waals surface area contributed by atoms with Crippen LogP contribution in [0.4, 0.5) is 0 Å². The molecule has 0 spiro atoms. The average Bonchev–Trinajstić information content (AvgIpc) is 2.76. The van der Waals surface area contributed by atoms with Gasteiger partial charge in [-0.15, -0.1) is 0 Å². The van der Waals surface area contributed by atoms with Gasteiger partial charge in [-0.3, -0.25) is 9.59 Å². The Labute approximate surface area is 185 Å². The Morgan fingerprint density at radius 2 is 1.52 bits per heavy atom. The lowest BCUT2D eigenvalue weighted by Crippen LogP contribution is -2.49. The van der Waals surface area contributed by atoms with Gasteiger partial charge in [0.05, 0.1) is 13.2 Å². The highest BCUT2D eigenvalue weighted by molar-refractivity contribution is 5.97. The minimum atomic E-state index is -0.595. The molecular weight excluding hydrogens is 392 g/mol. The lowest BCUT2D eigenvalue weighted by Gasteiger charge is -2.22. The van der Waals surface area contributed by atoms with Crippen molar-refractivity contribution in [2.24, 2.45) is 5.92 Å². The molecule has 2 rings (SSSR count). The van der Waals surface area contributed by atoms with Crippen molar-refractivity contribution in [3.8, 4) is 11.5 Å². The zero-order valence-corrected chi connectivity index (χ0v) is 18.9. The summed E-state index contributed by atoms with van der Waals surface area (Å²) in [6, 6.07) is 14.3. The van der Waals surface area contributed by atoms with Crippen LogP contribution in [0.15, 0.2) is 48.5 Å². The maximum Gasteiger partial charge on any atom is 0.251 e. The van der Waals surface area contributed by atoms with E-state index in [1.165, 1.54) is 5.56 Å². The van der Waals surface area contributed by atoms with Gasteiger partial charge in [0.1, 0.15) is 17.5 Å². The first-order valence-corrected chi connectivity index (χ1v) is 10.9. The first-order valence-electron chi connectivity index (χ1n) is 10.9. The molecule has 0 aliphatic heterocycles. The summed E-state index contributed by atoms with van der Waals surface area (Å²) in [5.74, 6) is 1.09. The van der Waals surface area contributed by atoms with Gasteiger partial charge in [0.15, 0.2) is 0 Å². The Kier molecular flexibility index (Phi) is 9.88. The van der Waals surface area contributed by atoms with Crippen LogP contribution in [0.25, 0.3) is 0 Å². The van der Waals surface area contributed by atoms with E-state index in [2.05, 4.69) is 10.6 Å². The highest BCUT2D eigenvalue weighted by Crippen LogP contribution is 2.13. The number of amides is 2. The topological polar surface area (TPSA) is 76.7 Å². The number of carbonyl (C=O) groups is 2. The Bertz CT molecular complexity index is 816. The van der Waals surface area contributed by atoms with E-state index in [9.17, 15) is 9.59 Å². The molecule has 1 unspecified atom stereocenters. The predicted molar refractivity (Wildman–Crippen MR) is 123 cm³/mol. The number of ether oxygens (including phenoxy) is 2. The second kappa shape index (κ2) is 12.6. The molecule has 0 radical (unpaired) electrons. The van der Waals surface area contributed by atoms with Crippen molar-refractivity contribution in [3.63, 3.8) is 0 Å². The minimum Gasteiger partial charge on any atom is -0.494 e. The zero-order valence-electron chi connectivity index (χ0n) is 18.9. The third-order valence-corrected chi connectivity index (χ3v) is 4.82. The standard InChI is InChI=1S/C25H34N2O4/c1-5-30-21-14-10-20(11-15-21)24(28)27-23(18(2)3)25(29)26-16-6-7-17-31-22-12-8-19(4)9-13-22/h8-15,18,23H,5-7,16-17H2,1-4H3,(H,26,29)(H,27,28). The van der Waals surface area contributed by atoms with Crippen LogP contribution in [0.3, 0.4) is 0 Å². The second-order valence-corrected chi connectivity index (χ2v) is 7.81. The molecule has 2 aromatic rings. The number of unbranched alkanes of at least 4 members (excludes halogenated alkanes) is 1. The summed E-state index contributed by atoms with van der Waals surface area (Å²) < 4.78 is 11.1. The molecule has 2 amide bonds. The molecule has 0 saturated heterocycles. The molecule has 6 nitrogen and oxygen atoms in total. The molecule has 0 heterocycles. The van der Waals surface area contributed by atoms with Crippen LogP contribution in [0.5, 0.6) is 11.5 Å². The van der Waals surface area contributed by atoms with Crippen molar-refractivity contribution < 1.29 is 19.1 Å². The summed E-state index contributed by atoms with van der Waals surface area (Å²) in [6.45, 7) is 9.48. The van der Waals surface area contributed by atoms with Gasteiger partial charge in [0, 0.05) is 12.1 Å². The normalized spacial score (nSPS) is 11.6. The van der Waals surface area contributed by atoms with E-state index in [0.29, 0.717) is 31.1 Å². The molecule has 6 heteroatoms. The molecule has 0 bridgehead atoms. The number of nitrogens with one attached hydrogen (secondary N) is 2.